The molecular formula is C12H18FNO. The molecule has 0 unspecified atom stereocenters. The average Bonchev–Trinajstić information content (AvgIpc) is 2.23. The molecule has 2 N–H and O–H groups in total. The van der Waals surface area contributed by atoms with Crippen LogP contribution in [-0.4, -0.2) is 6.61 Å². The van der Waals surface area contributed by atoms with E-state index in [0.29, 0.717) is 13.2 Å². The molecule has 0 atom stereocenters. The zero-order valence-corrected chi connectivity index (χ0v) is 9.13. The molecule has 0 fully saturated rings. The third kappa shape index (κ3) is 4.40. The van der Waals surface area contributed by atoms with Gasteiger partial charge in [-0.2, -0.15) is 0 Å². The summed E-state index contributed by atoms with van der Waals surface area (Å²) in [5.74, 6) is -0.243. The summed E-state index contributed by atoms with van der Waals surface area (Å²) in [6.45, 7) is 3.66. The maximum absolute atomic E-state index is 13.1. The van der Waals surface area contributed by atoms with E-state index in [-0.39, 0.29) is 5.82 Å². The Balaban J connectivity index is 2.49. The molecule has 0 saturated heterocycles. The maximum Gasteiger partial charge on any atom is 0.123 e. The minimum atomic E-state index is -0.243. The maximum atomic E-state index is 13.1. The quantitative estimate of drug-likeness (QED) is 0.734. The normalized spacial score (nSPS) is 10.6. The molecule has 0 heterocycles. The summed E-state index contributed by atoms with van der Waals surface area (Å²) in [5.41, 5.74) is 7.12. The lowest BCUT2D eigenvalue weighted by atomic mass is 10.1. The second kappa shape index (κ2) is 6.53. The highest BCUT2D eigenvalue weighted by Gasteiger charge is 2.00. The molecule has 0 aliphatic heterocycles. The van der Waals surface area contributed by atoms with Crippen LogP contribution in [0.15, 0.2) is 18.2 Å². The largest absolute Gasteiger partial charge is 0.377 e. The van der Waals surface area contributed by atoms with E-state index in [4.69, 9.17) is 10.5 Å². The van der Waals surface area contributed by atoms with Crippen molar-refractivity contribution in [3.05, 3.63) is 35.1 Å². The lowest BCUT2D eigenvalue weighted by molar-refractivity contribution is 0.118. The first-order valence-corrected chi connectivity index (χ1v) is 5.32. The Morgan fingerprint density at radius 3 is 2.67 bits per heavy atom. The standard InChI is InChI=1S/C12H18FNO/c1-2-3-4-15-9-11-5-10(8-14)6-12(13)7-11/h5-7H,2-4,8-9,14H2,1H3. The van der Waals surface area contributed by atoms with E-state index >= 15 is 0 Å². The molecule has 0 aromatic heterocycles. The first-order valence-electron chi connectivity index (χ1n) is 5.32. The van der Waals surface area contributed by atoms with Gasteiger partial charge in [0.2, 0.25) is 0 Å². The molecule has 0 aliphatic carbocycles. The molecule has 84 valence electrons. The van der Waals surface area contributed by atoms with Gasteiger partial charge in [0, 0.05) is 13.2 Å². The van der Waals surface area contributed by atoms with Gasteiger partial charge < -0.3 is 10.5 Å². The van der Waals surface area contributed by atoms with Crippen molar-refractivity contribution in [1.29, 1.82) is 0 Å². The lowest BCUT2D eigenvalue weighted by Gasteiger charge is -2.05. The number of halogens is 1. The first kappa shape index (κ1) is 12.1. The van der Waals surface area contributed by atoms with Crippen LogP contribution in [0.1, 0.15) is 30.9 Å². The van der Waals surface area contributed by atoms with Gasteiger partial charge in [0.25, 0.3) is 0 Å². The smallest absolute Gasteiger partial charge is 0.123 e. The van der Waals surface area contributed by atoms with E-state index in [1.807, 2.05) is 6.07 Å². The van der Waals surface area contributed by atoms with Crippen molar-refractivity contribution in [2.24, 2.45) is 5.73 Å². The van der Waals surface area contributed by atoms with Crippen molar-refractivity contribution in [2.75, 3.05) is 6.61 Å². The summed E-state index contributed by atoms with van der Waals surface area (Å²) in [5, 5.41) is 0. The van der Waals surface area contributed by atoms with Crippen LogP contribution < -0.4 is 5.73 Å². The van der Waals surface area contributed by atoms with Gasteiger partial charge in [-0.15, -0.1) is 0 Å². The minimum absolute atomic E-state index is 0.243. The van der Waals surface area contributed by atoms with Crippen molar-refractivity contribution in [3.63, 3.8) is 0 Å². The molecule has 1 aromatic carbocycles. The van der Waals surface area contributed by atoms with Gasteiger partial charge in [-0.05, 0) is 29.7 Å². The van der Waals surface area contributed by atoms with Gasteiger partial charge in [0.15, 0.2) is 0 Å². The summed E-state index contributed by atoms with van der Waals surface area (Å²) >= 11 is 0. The molecule has 1 rings (SSSR count). The van der Waals surface area contributed by atoms with Crippen LogP contribution in [0.2, 0.25) is 0 Å². The van der Waals surface area contributed by atoms with Gasteiger partial charge >= 0.3 is 0 Å². The number of hydrogen-bond acceptors (Lipinski definition) is 2. The Bertz CT molecular complexity index is 302. The van der Waals surface area contributed by atoms with Crippen LogP contribution in [0.3, 0.4) is 0 Å². The highest BCUT2D eigenvalue weighted by Crippen LogP contribution is 2.10. The SMILES string of the molecule is CCCCOCc1cc(F)cc(CN)c1. The van der Waals surface area contributed by atoms with E-state index in [1.165, 1.54) is 12.1 Å². The molecule has 2 nitrogen and oxygen atoms in total. The van der Waals surface area contributed by atoms with E-state index in [9.17, 15) is 4.39 Å². The predicted octanol–water partition coefficient (Wildman–Crippen LogP) is 2.60. The number of hydrogen-bond donors (Lipinski definition) is 1. The van der Waals surface area contributed by atoms with E-state index in [2.05, 4.69) is 6.92 Å². The summed E-state index contributed by atoms with van der Waals surface area (Å²) in [6.07, 6.45) is 2.15. The van der Waals surface area contributed by atoms with Gasteiger partial charge in [0.1, 0.15) is 5.82 Å². The fourth-order valence-corrected chi connectivity index (χ4v) is 1.35. The predicted molar refractivity (Wildman–Crippen MR) is 58.9 cm³/mol. The zero-order chi connectivity index (χ0) is 11.1. The molecule has 15 heavy (non-hydrogen) atoms. The average molecular weight is 211 g/mol. The Hall–Kier alpha value is -0.930. The molecule has 0 aliphatic rings. The number of ether oxygens (including phenoxy) is 1. The Morgan fingerprint density at radius 1 is 1.27 bits per heavy atom. The molecule has 0 bridgehead atoms. The van der Waals surface area contributed by atoms with Gasteiger partial charge in [-0.1, -0.05) is 19.4 Å². The topological polar surface area (TPSA) is 35.2 Å². The fraction of sp³-hybridized carbons (Fsp3) is 0.500. The second-order valence-electron chi connectivity index (χ2n) is 3.58. The summed E-state index contributed by atoms with van der Waals surface area (Å²) in [6, 6.07) is 4.83. The molecule has 1 aromatic rings. The number of nitrogens with two attached hydrogens (primary N) is 1. The molecule has 0 amide bonds. The van der Waals surface area contributed by atoms with Gasteiger partial charge in [-0.3, -0.25) is 0 Å². The van der Waals surface area contributed by atoms with Gasteiger partial charge in [0.05, 0.1) is 6.61 Å². The van der Waals surface area contributed by atoms with Crippen LogP contribution in [0.5, 0.6) is 0 Å². The Morgan fingerprint density at radius 2 is 2.00 bits per heavy atom. The third-order valence-electron chi connectivity index (χ3n) is 2.16. The van der Waals surface area contributed by atoms with Crippen LogP contribution in [-0.2, 0) is 17.9 Å². The highest BCUT2D eigenvalue weighted by molar-refractivity contribution is 5.24. The first-order chi connectivity index (χ1) is 7.26. The van der Waals surface area contributed by atoms with Crippen LogP contribution in [0, 0.1) is 5.82 Å². The van der Waals surface area contributed by atoms with Crippen molar-refractivity contribution >= 4 is 0 Å². The van der Waals surface area contributed by atoms with Gasteiger partial charge in [-0.25, -0.2) is 4.39 Å². The molecule has 0 spiro atoms. The zero-order valence-electron chi connectivity index (χ0n) is 9.13. The third-order valence-corrected chi connectivity index (χ3v) is 2.16. The molecule has 0 radical (unpaired) electrons. The summed E-state index contributed by atoms with van der Waals surface area (Å²) in [4.78, 5) is 0. The Labute approximate surface area is 90.2 Å². The molecule has 3 heteroatoms. The van der Waals surface area contributed by atoms with E-state index in [1.54, 1.807) is 0 Å². The minimum Gasteiger partial charge on any atom is -0.377 e. The summed E-state index contributed by atoms with van der Waals surface area (Å²) in [7, 11) is 0. The number of benzene rings is 1. The van der Waals surface area contributed by atoms with Crippen molar-refractivity contribution in [3.8, 4) is 0 Å². The number of rotatable bonds is 6. The van der Waals surface area contributed by atoms with Crippen LogP contribution >= 0.6 is 0 Å². The molecule has 0 saturated carbocycles. The summed E-state index contributed by atoms with van der Waals surface area (Å²) < 4.78 is 18.5. The van der Waals surface area contributed by atoms with Crippen LogP contribution in [0.4, 0.5) is 4.39 Å². The highest BCUT2D eigenvalue weighted by atomic mass is 19.1. The monoisotopic (exact) mass is 211 g/mol. The Kier molecular flexibility index (Phi) is 5.29. The fourth-order valence-electron chi connectivity index (χ4n) is 1.35. The number of unbranched alkanes of at least 4 members (excludes halogenated alkanes) is 1. The van der Waals surface area contributed by atoms with Crippen LogP contribution in [0.25, 0.3) is 0 Å². The van der Waals surface area contributed by atoms with Crippen molar-refractivity contribution < 1.29 is 9.13 Å². The van der Waals surface area contributed by atoms with Crippen molar-refractivity contribution in [1.82, 2.24) is 0 Å². The molecular weight excluding hydrogens is 193 g/mol. The second-order valence-corrected chi connectivity index (χ2v) is 3.58. The van der Waals surface area contributed by atoms with E-state index in [0.717, 1.165) is 30.6 Å². The lowest BCUT2D eigenvalue weighted by Crippen LogP contribution is -2.00. The van der Waals surface area contributed by atoms with E-state index < -0.39 is 0 Å². The van der Waals surface area contributed by atoms with Crippen molar-refractivity contribution in [2.45, 2.75) is 32.9 Å².